The highest BCUT2D eigenvalue weighted by Crippen LogP contribution is 2.09. The van der Waals surface area contributed by atoms with E-state index in [-0.39, 0.29) is 5.41 Å². The number of hydrogen-bond donors (Lipinski definition) is 0. The molecule has 0 aliphatic heterocycles. The Bertz CT molecular complexity index is 173. The van der Waals surface area contributed by atoms with Gasteiger partial charge in [-0.2, -0.15) is 0 Å². The van der Waals surface area contributed by atoms with E-state index in [9.17, 15) is 0 Å². The van der Waals surface area contributed by atoms with Gasteiger partial charge in [0.25, 0.3) is 0 Å². The molecule has 0 heterocycles. The molecule has 62 valence electrons. The van der Waals surface area contributed by atoms with Crippen molar-refractivity contribution in [2.24, 2.45) is 5.41 Å². The summed E-state index contributed by atoms with van der Waals surface area (Å²) in [6.45, 7) is 8.47. The molecule has 0 N–H and O–H groups in total. The molecular weight excluding hydrogens is 152 g/mol. The lowest BCUT2D eigenvalue weighted by Gasteiger charge is -2.05. The Morgan fingerprint density at radius 2 is 2.00 bits per heavy atom. The van der Waals surface area contributed by atoms with E-state index >= 15 is 0 Å². The zero-order valence-corrected chi connectivity index (χ0v) is 8.59. The van der Waals surface area contributed by atoms with Crippen molar-refractivity contribution in [2.45, 2.75) is 27.7 Å². The molecule has 0 saturated heterocycles. The fourth-order valence-electron chi connectivity index (χ4n) is 0.437. The summed E-state index contributed by atoms with van der Waals surface area (Å²) >= 11 is 1.78. The minimum atomic E-state index is 0.126. The summed E-state index contributed by atoms with van der Waals surface area (Å²) in [4.78, 5) is 0. The van der Waals surface area contributed by atoms with E-state index in [0.717, 1.165) is 5.75 Å². The number of thioether (sulfide) groups is 1. The van der Waals surface area contributed by atoms with Crippen molar-refractivity contribution in [3.63, 3.8) is 0 Å². The maximum atomic E-state index is 3.13. The molecule has 11 heavy (non-hydrogen) atoms. The van der Waals surface area contributed by atoms with Gasteiger partial charge in [-0.25, -0.2) is 0 Å². The van der Waals surface area contributed by atoms with Crippen molar-refractivity contribution >= 4 is 11.8 Å². The second-order valence-corrected chi connectivity index (χ2v) is 4.46. The molecule has 0 bridgehead atoms. The third kappa shape index (κ3) is 9.65. The molecule has 0 aromatic rings. The molecule has 0 amide bonds. The van der Waals surface area contributed by atoms with E-state index in [0.29, 0.717) is 0 Å². The maximum Gasteiger partial charge on any atom is 0.0233 e. The van der Waals surface area contributed by atoms with Crippen LogP contribution in [0.5, 0.6) is 0 Å². The number of hydrogen-bond acceptors (Lipinski definition) is 1. The summed E-state index contributed by atoms with van der Waals surface area (Å²) in [5.74, 6) is 7.26. The molecule has 0 aromatic heterocycles. The predicted molar refractivity (Wildman–Crippen MR) is 54.5 cm³/mol. The Labute approximate surface area is 74.5 Å². The maximum absolute atomic E-state index is 3.13. The van der Waals surface area contributed by atoms with Gasteiger partial charge in [0.1, 0.15) is 0 Å². The standard InChI is InChI=1S/C10H16S/c1-5-11-9-7-6-8-10(2,3)4/h7,9H,5H2,1-4H3/b9-7+. The highest BCUT2D eigenvalue weighted by molar-refractivity contribution is 8.02. The van der Waals surface area contributed by atoms with E-state index in [1.807, 2.05) is 11.5 Å². The first kappa shape index (κ1) is 10.7. The topological polar surface area (TPSA) is 0 Å². The van der Waals surface area contributed by atoms with Crippen molar-refractivity contribution in [2.75, 3.05) is 5.75 Å². The minimum Gasteiger partial charge on any atom is -0.134 e. The molecule has 0 radical (unpaired) electrons. The van der Waals surface area contributed by atoms with Gasteiger partial charge in [-0.05, 0) is 38.0 Å². The fraction of sp³-hybridized carbons (Fsp3) is 0.600. The van der Waals surface area contributed by atoms with Crippen LogP contribution in [0.4, 0.5) is 0 Å². The SMILES string of the molecule is CCS/C=C/C#CC(C)(C)C. The molecular formula is C10H16S. The van der Waals surface area contributed by atoms with Crippen LogP contribution in [0.1, 0.15) is 27.7 Å². The molecule has 0 atom stereocenters. The average Bonchev–Trinajstić information content (AvgIpc) is 1.85. The van der Waals surface area contributed by atoms with Gasteiger partial charge in [-0.15, -0.1) is 11.8 Å². The van der Waals surface area contributed by atoms with Crippen LogP contribution in [0.25, 0.3) is 0 Å². The second-order valence-electron chi connectivity index (χ2n) is 3.28. The summed E-state index contributed by atoms with van der Waals surface area (Å²) in [6, 6.07) is 0. The lowest BCUT2D eigenvalue weighted by molar-refractivity contribution is 0.571. The van der Waals surface area contributed by atoms with Crippen molar-refractivity contribution in [1.29, 1.82) is 0 Å². The minimum absolute atomic E-state index is 0.126. The van der Waals surface area contributed by atoms with Gasteiger partial charge in [-0.3, -0.25) is 0 Å². The van der Waals surface area contributed by atoms with E-state index in [1.165, 1.54) is 0 Å². The highest BCUT2D eigenvalue weighted by atomic mass is 32.2. The van der Waals surface area contributed by atoms with Crippen LogP contribution >= 0.6 is 11.8 Å². The lowest BCUT2D eigenvalue weighted by Crippen LogP contribution is -1.98. The van der Waals surface area contributed by atoms with Gasteiger partial charge in [0, 0.05) is 5.41 Å². The monoisotopic (exact) mass is 168 g/mol. The smallest absolute Gasteiger partial charge is 0.0233 e. The Hall–Kier alpha value is -0.350. The average molecular weight is 168 g/mol. The first-order valence-electron chi connectivity index (χ1n) is 3.85. The van der Waals surface area contributed by atoms with Gasteiger partial charge >= 0.3 is 0 Å². The molecule has 0 aliphatic carbocycles. The normalized spacial score (nSPS) is 11.3. The first-order valence-corrected chi connectivity index (χ1v) is 4.90. The number of rotatable bonds is 2. The zero-order valence-electron chi connectivity index (χ0n) is 7.77. The van der Waals surface area contributed by atoms with Crippen LogP contribution < -0.4 is 0 Å². The van der Waals surface area contributed by atoms with Crippen LogP contribution in [0, 0.1) is 17.3 Å². The molecule has 0 rings (SSSR count). The Morgan fingerprint density at radius 3 is 2.45 bits per heavy atom. The van der Waals surface area contributed by atoms with Gasteiger partial charge in [0.05, 0.1) is 0 Å². The van der Waals surface area contributed by atoms with Gasteiger partial charge < -0.3 is 0 Å². The molecule has 0 fully saturated rings. The van der Waals surface area contributed by atoms with Crippen molar-refractivity contribution in [1.82, 2.24) is 0 Å². The molecule has 1 heteroatoms. The van der Waals surface area contributed by atoms with Gasteiger partial charge in [0.15, 0.2) is 0 Å². The molecule has 0 nitrogen and oxygen atoms in total. The fourth-order valence-corrected chi connectivity index (χ4v) is 0.793. The van der Waals surface area contributed by atoms with Gasteiger partial charge in [0.2, 0.25) is 0 Å². The van der Waals surface area contributed by atoms with Crippen LogP contribution in [-0.2, 0) is 0 Å². The van der Waals surface area contributed by atoms with E-state index < -0.39 is 0 Å². The van der Waals surface area contributed by atoms with Crippen molar-refractivity contribution < 1.29 is 0 Å². The number of allylic oxidation sites excluding steroid dienone is 1. The highest BCUT2D eigenvalue weighted by Gasteiger charge is 2.01. The summed E-state index contributed by atoms with van der Waals surface area (Å²) < 4.78 is 0. The van der Waals surface area contributed by atoms with E-state index in [2.05, 4.69) is 39.5 Å². The molecule has 0 spiro atoms. The summed E-state index contributed by atoms with van der Waals surface area (Å²) in [7, 11) is 0. The Balaban J connectivity index is 3.72. The van der Waals surface area contributed by atoms with E-state index in [4.69, 9.17) is 0 Å². The molecule has 0 saturated carbocycles. The Morgan fingerprint density at radius 1 is 1.36 bits per heavy atom. The molecule has 0 aromatic carbocycles. The van der Waals surface area contributed by atoms with Crippen LogP contribution in [0.3, 0.4) is 0 Å². The first-order chi connectivity index (χ1) is 5.06. The molecule has 0 unspecified atom stereocenters. The van der Waals surface area contributed by atoms with Crippen molar-refractivity contribution in [3.05, 3.63) is 11.5 Å². The predicted octanol–water partition coefficient (Wildman–Crippen LogP) is 3.30. The van der Waals surface area contributed by atoms with Crippen LogP contribution in [-0.4, -0.2) is 5.75 Å². The lowest BCUT2D eigenvalue weighted by atomic mass is 9.98. The summed E-state index contributed by atoms with van der Waals surface area (Å²) in [5.41, 5.74) is 0.126. The largest absolute Gasteiger partial charge is 0.134 e. The second kappa shape index (κ2) is 5.32. The van der Waals surface area contributed by atoms with Crippen molar-refractivity contribution in [3.8, 4) is 11.8 Å². The van der Waals surface area contributed by atoms with E-state index in [1.54, 1.807) is 11.8 Å². The van der Waals surface area contributed by atoms with Crippen LogP contribution in [0.15, 0.2) is 11.5 Å². The zero-order chi connectivity index (χ0) is 8.74. The third-order valence-electron chi connectivity index (χ3n) is 0.861. The summed E-state index contributed by atoms with van der Waals surface area (Å²) in [6.07, 6.45) is 1.92. The van der Waals surface area contributed by atoms with Crippen LogP contribution in [0.2, 0.25) is 0 Å². The summed E-state index contributed by atoms with van der Waals surface area (Å²) in [5, 5.41) is 2.04. The quantitative estimate of drug-likeness (QED) is 0.570. The Kier molecular flexibility index (Phi) is 5.15. The third-order valence-corrected chi connectivity index (χ3v) is 1.52. The van der Waals surface area contributed by atoms with Gasteiger partial charge in [-0.1, -0.05) is 18.8 Å². The molecule has 0 aliphatic rings.